The number of nitrogen functional groups attached to an aromatic ring is 1. The fraction of sp³-hybridized carbons (Fsp3) is 0.231. The van der Waals surface area contributed by atoms with Crippen LogP contribution in [0.1, 0.15) is 5.69 Å². The molecule has 0 bridgehead atoms. The van der Waals surface area contributed by atoms with Crippen molar-refractivity contribution in [2.75, 3.05) is 18.9 Å². The summed E-state index contributed by atoms with van der Waals surface area (Å²) in [6, 6.07) is 5.65. The standard InChI is InChI=1S/C13H14FN3O2S/c14-9-2-1-3-11(6-9)19-7-12(18)16-5-4-10-8-20-13(15)17-10/h1-3,6,8H,4-5,7H2,(H2,15,17)(H,16,18). The SMILES string of the molecule is Nc1nc(CCNC(=O)COc2cccc(F)c2)cs1. The third-order valence-electron chi connectivity index (χ3n) is 2.44. The number of halogens is 1. The number of carbonyl (C=O) groups excluding carboxylic acids is 1. The van der Waals surface area contributed by atoms with E-state index in [0.717, 1.165) is 5.69 Å². The van der Waals surface area contributed by atoms with Gasteiger partial charge in [-0.2, -0.15) is 0 Å². The summed E-state index contributed by atoms with van der Waals surface area (Å²) in [5.41, 5.74) is 6.35. The maximum Gasteiger partial charge on any atom is 0.257 e. The lowest BCUT2D eigenvalue weighted by atomic mass is 10.3. The predicted octanol–water partition coefficient (Wildman–Crippen LogP) is 1.60. The van der Waals surface area contributed by atoms with E-state index in [0.29, 0.717) is 23.8 Å². The highest BCUT2D eigenvalue weighted by Crippen LogP contribution is 2.12. The molecule has 20 heavy (non-hydrogen) atoms. The van der Waals surface area contributed by atoms with Crippen molar-refractivity contribution in [2.24, 2.45) is 0 Å². The molecule has 0 unspecified atom stereocenters. The Morgan fingerprint density at radius 3 is 3.05 bits per heavy atom. The van der Waals surface area contributed by atoms with Crippen molar-refractivity contribution in [2.45, 2.75) is 6.42 Å². The minimum absolute atomic E-state index is 0.150. The summed E-state index contributed by atoms with van der Waals surface area (Å²) in [6.07, 6.45) is 0.611. The van der Waals surface area contributed by atoms with Gasteiger partial charge in [0.05, 0.1) is 5.69 Å². The van der Waals surface area contributed by atoms with Crippen molar-refractivity contribution in [1.29, 1.82) is 0 Å². The van der Waals surface area contributed by atoms with Gasteiger partial charge in [-0.05, 0) is 12.1 Å². The quantitative estimate of drug-likeness (QED) is 0.848. The molecule has 1 heterocycles. The molecule has 7 heteroatoms. The zero-order valence-corrected chi connectivity index (χ0v) is 11.5. The fourth-order valence-corrected chi connectivity index (χ4v) is 2.12. The number of hydrogen-bond acceptors (Lipinski definition) is 5. The Hall–Kier alpha value is -2.15. The van der Waals surface area contributed by atoms with E-state index in [2.05, 4.69) is 10.3 Å². The van der Waals surface area contributed by atoms with E-state index in [4.69, 9.17) is 10.5 Å². The number of thiazole rings is 1. The molecular weight excluding hydrogens is 281 g/mol. The lowest BCUT2D eigenvalue weighted by Crippen LogP contribution is -2.30. The minimum Gasteiger partial charge on any atom is -0.484 e. The van der Waals surface area contributed by atoms with Gasteiger partial charge in [-0.15, -0.1) is 11.3 Å². The second-order valence-electron chi connectivity index (χ2n) is 4.02. The summed E-state index contributed by atoms with van der Waals surface area (Å²) in [7, 11) is 0. The Balaban J connectivity index is 1.68. The van der Waals surface area contributed by atoms with Crippen LogP contribution >= 0.6 is 11.3 Å². The van der Waals surface area contributed by atoms with Crippen LogP contribution in [0.3, 0.4) is 0 Å². The highest BCUT2D eigenvalue weighted by molar-refractivity contribution is 7.13. The van der Waals surface area contributed by atoms with Gasteiger partial charge in [-0.1, -0.05) is 6.07 Å². The number of nitrogens with zero attached hydrogens (tertiary/aromatic N) is 1. The van der Waals surface area contributed by atoms with Gasteiger partial charge in [-0.3, -0.25) is 4.79 Å². The van der Waals surface area contributed by atoms with Crippen LogP contribution < -0.4 is 15.8 Å². The molecule has 2 rings (SSSR count). The third kappa shape index (κ3) is 4.51. The Labute approximate surface area is 119 Å². The molecule has 3 N–H and O–H groups in total. The molecular formula is C13H14FN3O2S. The molecule has 0 radical (unpaired) electrons. The van der Waals surface area contributed by atoms with E-state index in [-0.39, 0.29) is 12.5 Å². The van der Waals surface area contributed by atoms with Crippen LogP contribution in [-0.4, -0.2) is 24.0 Å². The minimum atomic E-state index is -0.399. The average molecular weight is 295 g/mol. The summed E-state index contributed by atoms with van der Waals surface area (Å²) in [5, 5.41) is 5.06. The van der Waals surface area contributed by atoms with E-state index in [1.165, 1.54) is 29.5 Å². The van der Waals surface area contributed by atoms with Crippen molar-refractivity contribution in [3.8, 4) is 5.75 Å². The van der Waals surface area contributed by atoms with Crippen LogP contribution in [0.25, 0.3) is 0 Å². The molecule has 0 spiro atoms. The number of amides is 1. The van der Waals surface area contributed by atoms with Crippen LogP contribution in [0, 0.1) is 5.82 Å². The van der Waals surface area contributed by atoms with Crippen molar-refractivity contribution < 1.29 is 13.9 Å². The Morgan fingerprint density at radius 2 is 2.35 bits per heavy atom. The van der Waals surface area contributed by atoms with Gasteiger partial charge in [0.1, 0.15) is 11.6 Å². The summed E-state index contributed by atoms with van der Waals surface area (Å²) in [6.45, 7) is 0.303. The molecule has 0 aliphatic rings. The first-order valence-electron chi connectivity index (χ1n) is 5.98. The molecule has 0 saturated carbocycles. The summed E-state index contributed by atoms with van der Waals surface area (Å²) in [4.78, 5) is 15.6. The van der Waals surface area contributed by atoms with Gasteiger partial charge >= 0.3 is 0 Å². The number of ether oxygens (including phenoxy) is 1. The molecule has 1 aromatic heterocycles. The van der Waals surface area contributed by atoms with Gasteiger partial charge in [0.15, 0.2) is 11.7 Å². The lowest BCUT2D eigenvalue weighted by Gasteiger charge is -2.06. The highest BCUT2D eigenvalue weighted by Gasteiger charge is 2.04. The van der Waals surface area contributed by atoms with Crippen molar-refractivity contribution in [1.82, 2.24) is 10.3 Å². The maximum absolute atomic E-state index is 12.9. The first-order valence-corrected chi connectivity index (χ1v) is 6.86. The van der Waals surface area contributed by atoms with Gasteiger partial charge in [0, 0.05) is 24.4 Å². The Kier molecular flexibility index (Phi) is 4.89. The number of carbonyl (C=O) groups is 1. The number of nitrogens with one attached hydrogen (secondary N) is 1. The molecule has 2 aromatic rings. The molecule has 5 nitrogen and oxygen atoms in total. The average Bonchev–Trinajstić information content (AvgIpc) is 2.82. The number of benzene rings is 1. The number of rotatable bonds is 6. The van der Waals surface area contributed by atoms with Crippen LogP contribution in [0.4, 0.5) is 9.52 Å². The Morgan fingerprint density at radius 1 is 1.50 bits per heavy atom. The molecule has 0 atom stereocenters. The van der Waals surface area contributed by atoms with Gasteiger partial charge < -0.3 is 15.8 Å². The van der Waals surface area contributed by atoms with E-state index >= 15 is 0 Å². The zero-order valence-electron chi connectivity index (χ0n) is 10.6. The second kappa shape index (κ2) is 6.85. The van der Waals surface area contributed by atoms with E-state index in [9.17, 15) is 9.18 Å². The Bertz CT molecular complexity index is 589. The zero-order chi connectivity index (χ0) is 14.4. The monoisotopic (exact) mass is 295 g/mol. The largest absolute Gasteiger partial charge is 0.484 e. The first-order chi connectivity index (χ1) is 9.63. The number of anilines is 1. The van der Waals surface area contributed by atoms with Gasteiger partial charge in [0.25, 0.3) is 5.91 Å². The molecule has 0 aliphatic heterocycles. The van der Waals surface area contributed by atoms with E-state index in [1.807, 2.05) is 5.38 Å². The molecule has 0 fully saturated rings. The highest BCUT2D eigenvalue weighted by atomic mass is 32.1. The normalized spacial score (nSPS) is 10.2. The predicted molar refractivity (Wildman–Crippen MR) is 75.1 cm³/mol. The van der Waals surface area contributed by atoms with Crippen LogP contribution in [-0.2, 0) is 11.2 Å². The second-order valence-corrected chi connectivity index (χ2v) is 4.91. The van der Waals surface area contributed by atoms with Crippen molar-refractivity contribution in [3.05, 3.63) is 41.2 Å². The smallest absolute Gasteiger partial charge is 0.257 e. The van der Waals surface area contributed by atoms with Crippen LogP contribution in [0.2, 0.25) is 0 Å². The fourth-order valence-electron chi connectivity index (χ4n) is 1.52. The van der Waals surface area contributed by atoms with Crippen LogP contribution in [0.5, 0.6) is 5.75 Å². The summed E-state index contributed by atoms with van der Waals surface area (Å²) >= 11 is 1.37. The molecule has 1 aromatic carbocycles. The van der Waals surface area contributed by atoms with Crippen LogP contribution in [0.15, 0.2) is 29.6 Å². The van der Waals surface area contributed by atoms with Crippen molar-refractivity contribution in [3.63, 3.8) is 0 Å². The molecule has 106 valence electrons. The molecule has 0 aliphatic carbocycles. The van der Waals surface area contributed by atoms with Gasteiger partial charge in [-0.25, -0.2) is 9.37 Å². The van der Waals surface area contributed by atoms with Crippen molar-refractivity contribution >= 4 is 22.4 Å². The maximum atomic E-state index is 12.9. The van der Waals surface area contributed by atoms with Gasteiger partial charge in [0.2, 0.25) is 0 Å². The summed E-state index contributed by atoms with van der Waals surface area (Å²) in [5.74, 6) is -0.339. The topological polar surface area (TPSA) is 77.2 Å². The summed E-state index contributed by atoms with van der Waals surface area (Å²) < 4.78 is 18.1. The number of aromatic nitrogens is 1. The lowest BCUT2D eigenvalue weighted by molar-refractivity contribution is -0.123. The molecule has 0 saturated heterocycles. The van der Waals surface area contributed by atoms with E-state index in [1.54, 1.807) is 6.07 Å². The number of nitrogens with two attached hydrogens (primary N) is 1. The third-order valence-corrected chi connectivity index (χ3v) is 3.16. The van der Waals surface area contributed by atoms with E-state index < -0.39 is 5.82 Å². The first kappa shape index (κ1) is 14.3. The number of hydrogen-bond donors (Lipinski definition) is 2. The molecule has 1 amide bonds.